The molecule has 7 nitrogen and oxygen atoms in total. The fourth-order valence-corrected chi connectivity index (χ4v) is 2.38. The summed E-state index contributed by atoms with van der Waals surface area (Å²) in [6, 6.07) is 10.8. The highest BCUT2D eigenvalue weighted by Gasteiger charge is 2.15. The molecule has 0 spiro atoms. The van der Waals surface area contributed by atoms with Gasteiger partial charge >= 0.3 is 0 Å². The maximum absolute atomic E-state index is 12.1. The molecule has 0 aliphatic rings. The second-order valence-electron chi connectivity index (χ2n) is 5.23. The van der Waals surface area contributed by atoms with Crippen LogP contribution in [-0.4, -0.2) is 24.5 Å². The number of nitrogens with zero attached hydrogens (tertiary/aromatic N) is 1. The number of hydrogen-bond donors (Lipinski definition) is 1. The van der Waals surface area contributed by atoms with Crippen molar-refractivity contribution in [1.82, 2.24) is 5.32 Å². The van der Waals surface area contributed by atoms with E-state index in [1.54, 1.807) is 18.2 Å². The zero-order valence-electron chi connectivity index (χ0n) is 13.7. The number of non-ortho nitro benzene ring substituents is 1. The van der Waals surface area contributed by atoms with Gasteiger partial charge in [0, 0.05) is 11.1 Å². The molecule has 1 atom stereocenters. The molecular formula is C17H17ClN2O5. The largest absolute Gasteiger partial charge is 0.493 e. The molecule has 132 valence electrons. The van der Waals surface area contributed by atoms with Gasteiger partial charge in [-0.05, 0) is 30.7 Å². The van der Waals surface area contributed by atoms with E-state index in [0.29, 0.717) is 10.8 Å². The topological polar surface area (TPSA) is 90.7 Å². The molecular weight excluding hydrogens is 348 g/mol. The zero-order chi connectivity index (χ0) is 18.4. The van der Waals surface area contributed by atoms with E-state index < -0.39 is 4.92 Å². The van der Waals surface area contributed by atoms with Crippen LogP contribution in [0.4, 0.5) is 5.69 Å². The van der Waals surface area contributed by atoms with Crippen LogP contribution in [0.25, 0.3) is 0 Å². The Balaban J connectivity index is 2.00. The number of amides is 1. The van der Waals surface area contributed by atoms with Crippen LogP contribution in [0.2, 0.25) is 5.02 Å². The monoisotopic (exact) mass is 364 g/mol. The molecule has 8 heteroatoms. The molecule has 0 saturated heterocycles. The molecule has 1 amide bonds. The first-order valence-corrected chi connectivity index (χ1v) is 7.78. The minimum atomic E-state index is -0.548. The van der Waals surface area contributed by atoms with Gasteiger partial charge in [0.25, 0.3) is 11.6 Å². The first-order chi connectivity index (χ1) is 11.9. The Morgan fingerprint density at radius 3 is 2.68 bits per heavy atom. The smallest absolute Gasteiger partial charge is 0.273 e. The highest BCUT2D eigenvalue weighted by atomic mass is 35.5. The number of ether oxygens (including phenoxy) is 2. The van der Waals surface area contributed by atoms with Crippen LogP contribution in [-0.2, 0) is 4.79 Å². The van der Waals surface area contributed by atoms with Crippen molar-refractivity contribution in [2.75, 3.05) is 13.7 Å². The summed E-state index contributed by atoms with van der Waals surface area (Å²) in [7, 11) is 1.41. The lowest BCUT2D eigenvalue weighted by Crippen LogP contribution is -2.31. The lowest BCUT2D eigenvalue weighted by molar-refractivity contribution is -0.385. The molecule has 0 saturated carbocycles. The molecule has 2 rings (SSSR count). The van der Waals surface area contributed by atoms with Gasteiger partial charge in [0.05, 0.1) is 24.1 Å². The van der Waals surface area contributed by atoms with Gasteiger partial charge < -0.3 is 14.8 Å². The number of halogens is 1. The van der Waals surface area contributed by atoms with Crippen molar-refractivity contribution < 1.29 is 19.2 Å². The van der Waals surface area contributed by atoms with Crippen molar-refractivity contribution in [3.63, 3.8) is 0 Å². The molecule has 0 bridgehead atoms. The van der Waals surface area contributed by atoms with Gasteiger partial charge in [-0.25, -0.2) is 0 Å². The standard InChI is InChI=1S/C17H17ClN2O5/c1-11(12-4-3-5-13(18)8-12)19-17(21)10-25-16-9-14(20(22)23)6-7-15(16)24-2/h3-9,11H,10H2,1-2H3,(H,19,21)/t11-/m1/s1. The molecule has 0 unspecified atom stereocenters. The van der Waals surface area contributed by atoms with Crippen LogP contribution < -0.4 is 14.8 Å². The number of nitro groups is 1. The Bertz CT molecular complexity index is 781. The van der Waals surface area contributed by atoms with Gasteiger partial charge in [-0.1, -0.05) is 23.7 Å². The normalized spacial score (nSPS) is 11.5. The molecule has 0 aliphatic heterocycles. The SMILES string of the molecule is COc1ccc([N+](=O)[O-])cc1OCC(=O)N[C@H](C)c1cccc(Cl)c1. The zero-order valence-corrected chi connectivity index (χ0v) is 14.4. The molecule has 0 aromatic heterocycles. The number of benzene rings is 2. The number of carbonyl (C=O) groups is 1. The second kappa shape index (κ2) is 8.34. The quantitative estimate of drug-likeness (QED) is 0.599. The molecule has 2 aromatic carbocycles. The lowest BCUT2D eigenvalue weighted by Gasteiger charge is -2.15. The van der Waals surface area contributed by atoms with E-state index in [0.717, 1.165) is 5.56 Å². The molecule has 0 aliphatic carbocycles. The number of nitrogens with one attached hydrogen (secondary N) is 1. The first kappa shape index (κ1) is 18.5. The maximum Gasteiger partial charge on any atom is 0.273 e. The number of carbonyl (C=O) groups excluding carboxylic acids is 1. The van der Waals surface area contributed by atoms with Crippen molar-refractivity contribution in [2.24, 2.45) is 0 Å². The molecule has 0 heterocycles. The van der Waals surface area contributed by atoms with Crippen LogP contribution in [0.1, 0.15) is 18.5 Å². The molecule has 1 N–H and O–H groups in total. The minimum absolute atomic E-state index is 0.127. The maximum atomic E-state index is 12.1. The lowest BCUT2D eigenvalue weighted by atomic mass is 10.1. The van der Waals surface area contributed by atoms with Gasteiger partial charge in [-0.2, -0.15) is 0 Å². The van der Waals surface area contributed by atoms with Gasteiger partial charge in [0.2, 0.25) is 0 Å². The summed E-state index contributed by atoms with van der Waals surface area (Å²) in [6.07, 6.45) is 0. The van der Waals surface area contributed by atoms with E-state index in [2.05, 4.69) is 5.32 Å². The van der Waals surface area contributed by atoms with Crippen molar-refractivity contribution in [3.8, 4) is 11.5 Å². The van der Waals surface area contributed by atoms with Crippen LogP contribution >= 0.6 is 11.6 Å². The molecule has 0 fully saturated rings. The third-order valence-electron chi connectivity index (χ3n) is 3.44. The Kier molecular flexibility index (Phi) is 6.19. The Morgan fingerprint density at radius 2 is 2.04 bits per heavy atom. The molecule has 0 radical (unpaired) electrons. The van der Waals surface area contributed by atoms with Crippen molar-refractivity contribution in [1.29, 1.82) is 0 Å². The molecule has 25 heavy (non-hydrogen) atoms. The van der Waals surface area contributed by atoms with E-state index in [-0.39, 0.29) is 30.0 Å². The van der Waals surface area contributed by atoms with Crippen molar-refractivity contribution >= 4 is 23.2 Å². The fraction of sp³-hybridized carbons (Fsp3) is 0.235. The van der Waals surface area contributed by atoms with Crippen LogP contribution in [0.3, 0.4) is 0 Å². The third kappa shape index (κ3) is 5.09. The summed E-state index contributed by atoms with van der Waals surface area (Å²) in [5, 5.41) is 14.2. The van der Waals surface area contributed by atoms with Crippen LogP contribution in [0, 0.1) is 10.1 Å². The Hall–Kier alpha value is -2.80. The van der Waals surface area contributed by atoms with E-state index in [1.807, 2.05) is 13.0 Å². The fourth-order valence-electron chi connectivity index (χ4n) is 2.18. The highest BCUT2D eigenvalue weighted by molar-refractivity contribution is 6.30. The third-order valence-corrected chi connectivity index (χ3v) is 3.68. The number of methoxy groups -OCH3 is 1. The van der Waals surface area contributed by atoms with Crippen LogP contribution in [0.15, 0.2) is 42.5 Å². The average Bonchev–Trinajstić information content (AvgIpc) is 2.59. The first-order valence-electron chi connectivity index (χ1n) is 7.40. The predicted molar refractivity (Wildman–Crippen MR) is 93.2 cm³/mol. The number of rotatable bonds is 7. The molecule has 2 aromatic rings. The Labute approximate surface area is 149 Å². The summed E-state index contributed by atoms with van der Waals surface area (Å²) in [5.41, 5.74) is 0.706. The van der Waals surface area contributed by atoms with Crippen molar-refractivity contribution in [3.05, 3.63) is 63.2 Å². The highest BCUT2D eigenvalue weighted by Crippen LogP contribution is 2.31. The number of hydrogen-bond acceptors (Lipinski definition) is 5. The number of nitro benzene ring substituents is 1. The average molecular weight is 365 g/mol. The van der Waals surface area contributed by atoms with Crippen LogP contribution in [0.5, 0.6) is 11.5 Å². The second-order valence-corrected chi connectivity index (χ2v) is 5.66. The van der Waals surface area contributed by atoms with Gasteiger partial charge in [-0.3, -0.25) is 14.9 Å². The van der Waals surface area contributed by atoms with Crippen molar-refractivity contribution in [2.45, 2.75) is 13.0 Å². The summed E-state index contributed by atoms with van der Waals surface area (Å²) in [6.45, 7) is 1.51. The van der Waals surface area contributed by atoms with Gasteiger partial charge in [0.1, 0.15) is 0 Å². The summed E-state index contributed by atoms with van der Waals surface area (Å²) in [5.74, 6) is 0.0598. The van der Waals surface area contributed by atoms with E-state index in [4.69, 9.17) is 21.1 Å². The Morgan fingerprint density at radius 1 is 1.28 bits per heavy atom. The predicted octanol–water partition coefficient (Wildman–Crippen LogP) is 3.51. The van der Waals surface area contributed by atoms with E-state index in [9.17, 15) is 14.9 Å². The van der Waals surface area contributed by atoms with E-state index >= 15 is 0 Å². The van der Waals surface area contributed by atoms with Gasteiger partial charge in [-0.15, -0.1) is 0 Å². The summed E-state index contributed by atoms with van der Waals surface area (Å²) < 4.78 is 10.5. The van der Waals surface area contributed by atoms with Gasteiger partial charge in [0.15, 0.2) is 18.1 Å². The minimum Gasteiger partial charge on any atom is -0.493 e. The summed E-state index contributed by atoms with van der Waals surface area (Å²) >= 11 is 5.93. The summed E-state index contributed by atoms with van der Waals surface area (Å²) in [4.78, 5) is 22.4. The van der Waals surface area contributed by atoms with E-state index in [1.165, 1.54) is 25.3 Å².